The van der Waals surface area contributed by atoms with Gasteiger partial charge in [0.25, 0.3) is 11.8 Å². The number of hydrogen-bond donors (Lipinski definition) is 1. The third-order valence-corrected chi connectivity index (χ3v) is 8.30. The van der Waals surface area contributed by atoms with Crippen molar-refractivity contribution in [2.75, 3.05) is 32.9 Å². The van der Waals surface area contributed by atoms with Crippen molar-refractivity contribution in [2.24, 2.45) is 4.99 Å². The number of amidine groups is 1. The Morgan fingerprint density at radius 3 is 2.51 bits per heavy atom. The Hall–Kier alpha value is -2.06. The van der Waals surface area contributed by atoms with Crippen LogP contribution in [0.5, 0.6) is 0 Å². The molecule has 0 bridgehead atoms. The first kappa shape index (κ1) is 26.0. The summed E-state index contributed by atoms with van der Waals surface area (Å²) in [5, 5.41) is 4.14. The lowest BCUT2D eigenvalue weighted by atomic mass is 9.89. The Labute approximate surface area is 221 Å². The molecule has 35 heavy (non-hydrogen) atoms. The number of nitrogens with one attached hydrogen (secondary N) is 1. The highest BCUT2D eigenvalue weighted by Crippen LogP contribution is 2.33. The molecule has 1 saturated heterocycles. The van der Waals surface area contributed by atoms with E-state index in [2.05, 4.69) is 22.6 Å². The summed E-state index contributed by atoms with van der Waals surface area (Å²) in [5.74, 6) is 1.64. The number of hydrogen-bond acceptors (Lipinski definition) is 5. The molecule has 1 N–H and O–H groups in total. The van der Waals surface area contributed by atoms with Gasteiger partial charge in [0.1, 0.15) is 11.4 Å². The molecule has 1 spiro atoms. The van der Waals surface area contributed by atoms with Crippen molar-refractivity contribution in [1.29, 1.82) is 0 Å². The summed E-state index contributed by atoms with van der Waals surface area (Å²) in [5.41, 5.74) is 3.34. The van der Waals surface area contributed by atoms with Crippen molar-refractivity contribution in [3.05, 3.63) is 68.7 Å². The van der Waals surface area contributed by atoms with E-state index in [1.807, 2.05) is 30.1 Å². The van der Waals surface area contributed by atoms with E-state index in [0.29, 0.717) is 35.1 Å². The highest BCUT2D eigenvalue weighted by molar-refractivity contribution is 7.97. The normalized spacial score (nSPS) is 17.4. The van der Waals surface area contributed by atoms with Gasteiger partial charge in [0.15, 0.2) is 0 Å². The van der Waals surface area contributed by atoms with Crippen LogP contribution in [0, 0.1) is 6.92 Å². The maximum absolute atomic E-state index is 12.8. The van der Waals surface area contributed by atoms with E-state index < -0.39 is 5.54 Å². The number of rotatable bonds is 7. The molecule has 9 heteroatoms. The standard InChI is InChI=1S/C26H30Cl2N4O2S/c1-17-14-20(24(33)31(2)3)5-4-18(17)8-13-35-32-11-9-26(10-12-32)25(34)29-23(30-26)15-19-6-7-21(27)16-22(19)28/h4-7,14,16H,8-13,15H2,1-3H3,(H,29,30,34). The van der Waals surface area contributed by atoms with Gasteiger partial charge < -0.3 is 10.2 Å². The molecule has 0 radical (unpaired) electrons. The zero-order valence-corrected chi connectivity index (χ0v) is 22.6. The monoisotopic (exact) mass is 532 g/mol. The largest absolute Gasteiger partial charge is 0.345 e. The molecule has 2 amide bonds. The van der Waals surface area contributed by atoms with Crippen LogP contribution in [0.15, 0.2) is 41.4 Å². The van der Waals surface area contributed by atoms with Gasteiger partial charge in [0, 0.05) is 55.0 Å². The molecule has 2 heterocycles. The van der Waals surface area contributed by atoms with Crippen LogP contribution < -0.4 is 5.32 Å². The van der Waals surface area contributed by atoms with Crippen LogP contribution in [0.1, 0.15) is 39.9 Å². The van der Waals surface area contributed by atoms with Gasteiger partial charge >= 0.3 is 0 Å². The molecule has 2 aliphatic heterocycles. The second kappa shape index (κ2) is 10.9. The molecule has 6 nitrogen and oxygen atoms in total. The zero-order valence-electron chi connectivity index (χ0n) is 20.2. The molecule has 0 atom stereocenters. The van der Waals surface area contributed by atoms with E-state index in [9.17, 15) is 9.59 Å². The molecular weight excluding hydrogens is 503 g/mol. The highest BCUT2D eigenvalue weighted by Gasteiger charge is 2.45. The van der Waals surface area contributed by atoms with E-state index in [4.69, 9.17) is 28.2 Å². The fraction of sp³-hybridized carbons (Fsp3) is 0.423. The van der Waals surface area contributed by atoms with Crippen LogP contribution in [-0.4, -0.2) is 65.3 Å². The second-order valence-electron chi connectivity index (χ2n) is 9.31. The first-order valence-corrected chi connectivity index (χ1v) is 13.4. The SMILES string of the molecule is Cc1cc(C(=O)N(C)C)ccc1CCSN1CCC2(CC1)N=C(Cc1ccc(Cl)cc1Cl)NC2=O. The predicted molar refractivity (Wildman–Crippen MR) is 145 cm³/mol. The Balaban J connectivity index is 1.28. The van der Waals surface area contributed by atoms with Gasteiger partial charge in [-0.3, -0.25) is 18.9 Å². The molecule has 0 saturated carbocycles. The summed E-state index contributed by atoms with van der Waals surface area (Å²) < 4.78 is 2.33. The summed E-state index contributed by atoms with van der Waals surface area (Å²) in [6.07, 6.45) is 2.81. The van der Waals surface area contributed by atoms with Crippen molar-refractivity contribution in [2.45, 2.75) is 38.1 Å². The smallest absolute Gasteiger partial charge is 0.253 e. The minimum absolute atomic E-state index is 0.00905. The van der Waals surface area contributed by atoms with Gasteiger partial charge in [-0.1, -0.05) is 47.3 Å². The molecular formula is C26H30Cl2N4O2S. The van der Waals surface area contributed by atoms with Gasteiger partial charge in [-0.05, 0) is 67.1 Å². The Kier molecular flexibility index (Phi) is 8.11. The third-order valence-electron chi connectivity index (χ3n) is 6.59. The lowest BCUT2D eigenvalue weighted by Gasteiger charge is -2.34. The molecule has 4 rings (SSSR count). The van der Waals surface area contributed by atoms with Crippen LogP contribution in [0.4, 0.5) is 0 Å². The molecule has 2 aromatic rings. The molecule has 0 unspecified atom stereocenters. The molecule has 2 aliphatic rings. The highest BCUT2D eigenvalue weighted by atomic mass is 35.5. The number of piperidine rings is 1. The number of carbonyl (C=O) groups excluding carboxylic acids is 2. The van der Waals surface area contributed by atoms with Gasteiger partial charge in [0.05, 0.1) is 0 Å². The first-order chi connectivity index (χ1) is 16.7. The Morgan fingerprint density at radius 2 is 1.86 bits per heavy atom. The lowest BCUT2D eigenvalue weighted by molar-refractivity contribution is -0.124. The Bertz CT molecular complexity index is 1160. The zero-order chi connectivity index (χ0) is 25.2. The quantitative estimate of drug-likeness (QED) is 0.520. The summed E-state index contributed by atoms with van der Waals surface area (Å²) in [6, 6.07) is 11.3. The maximum atomic E-state index is 12.8. The number of aryl methyl sites for hydroxylation is 2. The minimum atomic E-state index is -0.670. The summed E-state index contributed by atoms with van der Waals surface area (Å²) in [7, 11) is 3.53. The molecule has 186 valence electrons. The lowest BCUT2D eigenvalue weighted by Crippen LogP contribution is -2.47. The van der Waals surface area contributed by atoms with Crippen LogP contribution >= 0.6 is 35.1 Å². The topological polar surface area (TPSA) is 65.0 Å². The number of benzene rings is 2. The number of aliphatic imine (C=N–C) groups is 1. The van der Waals surface area contributed by atoms with E-state index in [1.54, 1.807) is 31.1 Å². The number of amides is 2. The van der Waals surface area contributed by atoms with Crippen LogP contribution in [0.3, 0.4) is 0 Å². The number of halogens is 2. The van der Waals surface area contributed by atoms with E-state index in [1.165, 1.54) is 5.56 Å². The molecule has 0 aromatic heterocycles. The van der Waals surface area contributed by atoms with Crippen LogP contribution in [0.2, 0.25) is 10.0 Å². The third kappa shape index (κ3) is 6.02. The predicted octanol–water partition coefficient (Wildman–Crippen LogP) is 4.80. The van der Waals surface area contributed by atoms with Crippen molar-refractivity contribution in [1.82, 2.24) is 14.5 Å². The van der Waals surface area contributed by atoms with Crippen LogP contribution in [-0.2, 0) is 17.6 Å². The fourth-order valence-electron chi connectivity index (χ4n) is 4.49. The van der Waals surface area contributed by atoms with Gasteiger partial charge in [0.2, 0.25) is 0 Å². The van der Waals surface area contributed by atoms with E-state index in [-0.39, 0.29) is 11.8 Å². The van der Waals surface area contributed by atoms with Gasteiger partial charge in [-0.15, -0.1) is 0 Å². The van der Waals surface area contributed by atoms with Gasteiger partial charge in [-0.25, -0.2) is 0 Å². The van der Waals surface area contributed by atoms with Crippen molar-refractivity contribution in [3.63, 3.8) is 0 Å². The van der Waals surface area contributed by atoms with Crippen molar-refractivity contribution >= 4 is 52.8 Å². The van der Waals surface area contributed by atoms with E-state index >= 15 is 0 Å². The summed E-state index contributed by atoms with van der Waals surface area (Å²) >= 11 is 14.1. The molecule has 2 aromatic carbocycles. The summed E-state index contributed by atoms with van der Waals surface area (Å²) in [4.78, 5) is 31.4. The number of nitrogens with zero attached hydrogens (tertiary/aromatic N) is 3. The van der Waals surface area contributed by atoms with Crippen molar-refractivity contribution in [3.8, 4) is 0 Å². The Morgan fingerprint density at radius 1 is 1.14 bits per heavy atom. The fourth-order valence-corrected chi connectivity index (χ4v) is 5.98. The van der Waals surface area contributed by atoms with E-state index in [0.717, 1.165) is 42.0 Å². The van der Waals surface area contributed by atoms with Crippen LogP contribution in [0.25, 0.3) is 0 Å². The first-order valence-electron chi connectivity index (χ1n) is 11.7. The summed E-state index contributed by atoms with van der Waals surface area (Å²) in [6.45, 7) is 3.68. The average molecular weight is 534 g/mol. The maximum Gasteiger partial charge on any atom is 0.253 e. The average Bonchev–Trinajstić information content (AvgIpc) is 3.11. The van der Waals surface area contributed by atoms with Crippen molar-refractivity contribution < 1.29 is 9.59 Å². The molecule has 0 aliphatic carbocycles. The molecule has 1 fully saturated rings. The minimum Gasteiger partial charge on any atom is -0.345 e. The van der Waals surface area contributed by atoms with Gasteiger partial charge in [-0.2, -0.15) is 0 Å². The number of carbonyl (C=O) groups is 2. The second-order valence-corrected chi connectivity index (χ2v) is 11.3.